The summed E-state index contributed by atoms with van der Waals surface area (Å²) in [7, 11) is 0. The van der Waals surface area contributed by atoms with E-state index in [1.165, 1.54) is 0 Å². The van der Waals surface area contributed by atoms with Crippen LogP contribution in [0.25, 0.3) is 10.9 Å². The number of carbonyl (C=O) groups excluding carboxylic acids is 1. The van der Waals surface area contributed by atoms with Gasteiger partial charge in [0.05, 0.1) is 16.8 Å². The van der Waals surface area contributed by atoms with Gasteiger partial charge in [0.2, 0.25) is 5.96 Å². The number of aryl methyl sites for hydroxylation is 1. The second-order valence-corrected chi connectivity index (χ2v) is 5.12. The van der Waals surface area contributed by atoms with Gasteiger partial charge < -0.3 is 5.73 Å². The van der Waals surface area contributed by atoms with Gasteiger partial charge in [0.15, 0.2) is 0 Å². The molecule has 0 atom stereocenters. The van der Waals surface area contributed by atoms with Gasteiger partial charge in [0.1, 0.15) is 0 Å². The third-order valence-corrected chi connectivity index (χ3v) is 3.46. The number of hydrogen-bond acceptors (Lipinski definition) is 3. The predicted octanol–water partition coefficient (Wildman–Crippen LogP) is 2.92. The summed E-state index contributed by atoms with van der Waals surface area (Å²) in [6, 6.07) is 16.6. The number of nitrogens with one attached hydrogen (secondary N) is 1. The van der Waals surface area contributed by atoms with Crippen LogP contribution in [0.4, 0.5) is 5.69 Å². The highest BCUT2D eigenvalue weighted by molar-refractivity contribution is 6.12. The maximum absolute atomic E-state index is 12.5. The summed E-state index contributed by atoms with van der Waals surface area (Å²) in [5.41, 5.74) is 8.84. The van der Waals surface area contributed by atoms with E-state index in [0.29, 0.717) is 11.3 Å². The van der Waals surface area contributed by atoms with Crippen LogP contribution < -0.4 is 11.1 Å². The van der Waals surface area contributed by atoms with Crippen LogP contribution in [0.15, 0.2) is 65.8 Å². The molecule has 114 valence electrons. The largest absolute Gasteiger partial charge is 0.369 e. The third-order valence-electron chi connectivity index (χ3n) is 3.46. The zero-order chi connectivity index (χ0) is 16.2. The highest BCUT2D eigenvalue weighted by Crippen LogP contribution is 2.19. The molecule has 0 aliphatic carbocycles. The molecule has 5 nitrogen and oxygen atoms in total. The third kappa shape index (κ3) is 3.18. The van der Waals surface area contributed by atoms with Crippen molar-refractivity contribution in [3.8, 4) is 0 Å². The van der Waals surface area contributed by atoms with Crippen molar-refractivity contribution in [2.24, 2.45) is 10.7 Å². The molecule has 1 heterocycles. The first-order valence-corrected chi connectivity index (χ1v) is 7.20. The number of aromatic nitrogens is 1. The normalized spacial score (nSPS) is 11.4. The van der Waals surface area contributed by atoms with E-state index in [4.69, 9.17) is 5.73 Å². The van der Waals surface area contributed by atoms with Crippen LogP contribution in [0.3, 0.4) is 0 Å². The van der Waals surface area contributed by atoms with Crippen LogP contribution >= 0.6 is 0 Å². The first kappa shape index (κ1) is 14.7. The second kappa shape index (κ2) is 6.27. The molecule has 0 saturated heterocycles. The van der Waals surface area contributed by atoms with Crippen molar-refractivity contribution < 1.29 is 4.79 Å². The van der Waals surface area contributed by atoms with Crippen LogP contribution in [0, 0.1) is 6.92 Å². The van der Waals surface area contributed by atoms with Crippen LogP contribution in [-0.2, 0) is 0 Å². The number of amides is 1. The van der Waals surface area contributed by atoms with Gasteiger partial charge in [-0.3, -0.25) is 15.1 Å². The van der Waals surface area contributed by atoms with Gasteiger partial charge in [-0.25, -0.2) is 4.99 Å². The standard InChI is InChI=1S/C18H16N4O/c1-12-6-5-9-14-15(10-11-20-16(12)14)17(23)22-18(19)21-13-7-3-2-4-8-13/h2-11H,1H3,(H3,19,21,22,23). The van der Waals surface area contributed by atoms with Crippen LogP contribution in [0.2, 0.25) is 0 Å². The van der Waals surface area contributed by atoms with Crippen molar-refractivity contribution >= 4 is 28.5 Å². The Morgan fingerprint density at radius 2 is 1.87 bits per heavy atom. The average molecular weight is 304 g/mol. The smallest absolute Gasteiger partial charge is 0.258 e. The van der Waals surface area contributed by atoms with Crippen molar-refractivity contribution in [2.75, 3.05) is 0 Å². The number of benzene rings is 2. The molecule has 0 fully saturated rings. The van der Waals surface area contributed by atoms with E-state index < -0.39 is 0 Å². The Kier molecular flexibility index (Phi) is 4.01. The SMILES string of the molecule is Cc1cccc2c(C(=O)NC(N)=Nc3ccccc3)ccnc12. The first-order chi connectivity index (χ1) is 11.1. The molecule has 3 rings (SSSR count). The van der Waals surface area contributed by atoms with E-state index in [9.17, 15) is 4.79 Å². The van der Waals surface area contributed by atoms with Crippen LogP contribution in [0.1, 0.15) is 15.9 Å². The molecule has 1 aromatic heterocycles. The summed E-state index contributed by atoms with van der Waals surface area (Å²) in [5, 5.41) is 3.41. The Balaban J connectivity index is 1.90. The molecule has 0 aliphatic heterocycles. The number of para-hydroxylation sites is 2. The van der Waals surface area contributed by atoms with E-state index in [-0.39, 0.29) is 11.9 Å². The fourth-order valence-corrected chi connectivity index (χ4v) is 2.38. The quantitative estimate of drug-likeness (QED) is 0.564. The Bertz CT molecular complexity index is 888. The highest BCUT2D eigenvalue weighted by Gasteiger charge is 2.12. The number of carbonyl (C=O) groups is 1. The van der Waals surface area contributed by atoms with E-state index in [2.05, 4.69) is 15.3 Å². The molecule has 0 aliphatic rings. The molecule has 3 aromatic rings. The molecule has 23 heavy (non-hydrogen) atoms. The lowest BCUT2D eigenvalue weighted by atomic mass is 10.1. The summed E-state index contributed by atoms with van der Waals surface area (Å²) in [4.78, 5) is 21.0. The lowest BCUT2D eigenvalue weighted by molar-refractivity contribution is 0.0978. The van der Waals surface area contributed by atoms with Gasteiger partial charge in [-0.05, 0) is 30.7 Å². The molecule has 5 heteroatoms. The summed E-state index contributed by atoms with van der Waals surface area (Å²) >= 11 is 0. The van der Waals surface area contributed by atoms with Gasteiger partial charge in [0.25, 0.3) is 5.91 Å². The maximum atomic E-state index is 12.5. The minimum absolute atomic E-state index is 0.0545. The lowest BCUT2D eigenvalue weighted by Crippen LogP contribution is -2.36. The van der Waals surface area contributed by atoms with E-state index in [0.717, 1.165) is 16.5 Å². The highest BCUT2D eigenvalue weighted by atomic mass is 16.1. The Hall–Kier alpha value is -3.21. The van der Waals surface area contributed by atoms with E-state index in [1.807, 2.05) is 55.5 Å². The summed E-state index contributed by atoms with van der Waals surface area (Å²) in [5.74, 6) is -0.251. The lowest BCUT2D eigenvalue weighted by Gasteiger charge is -2.08. The number of rotatable bonds is 2. The summed E-state index contributed by atoms with van der Waals surface area (Å²) in [6.45, 7) is 1.96. The van der Waals surface area contributed by atoms with Gasteiger partial charge in [0, 0.05) is 11.6 Å². The molecular formula is C18H16N4O. The van der Waals surface area contributed by atoms with Crippen molar-refractivity contribution in [1.29, 1.82) is 0 Å². The van der Waals surface area contributed by atoms with Crippen molar-refractivity contribution in [3.63, 3.8) is 0 Å². The number of hydrogen-bond donors (Lipinski definition) is 2. The zero-order valence-electron chi connectivity index (χ0n) is 12.7. The predicted molar refractivity (Wildman–Crippen MR) is 91.7 cm³/mol. The number of guanidine groups is 1. The second-order valence-electron chi connectivity index (χ2n) is 5.12. The maximum Gasteiger partial charge on any atom is 0.258 e. The topological polar surface area (TPSA) is 80.4 Å². The van der Waals surface area contributed by atoms with Gasteiger partial charge in [-0.2, -0.15) is 0 Å². The molecule has 3 N–H and O–H groups in total. The molecule has 0 saturated carbocycles. The Morgan fingerprint density at radius 3 is 2.65 bits per heavy atom. The summed E-state index contributed by atoms with van der Waals surface area (Å²) in [6.07, 6.45) is 1.62. The van der Waals surface area contributed by atoms with Crippen LogP contribution in [0.5, 0.6) is 0 Å². The van der Waals surface area contributed by atoms with Crippen molar-refractivity contribution in [1.82, 2.24) is 10.3 Å². The molecule has 0 unspecified atom stereocenters. The van der Waals surface area contributed by atoms with Crippen molar-refractivity contribution in [2.45, 2.75) is 6.92 Å². The fraction of sp³-hybridized carbons (Fsp3) is 0.0556. The number of nitrogens with two attached hydrogens (primary N) is 1. The van der Waals surface area contributed by atoms with E-state index >= 15 is 0 Å². The van der Waals surface area contributed by atoms with Crippen molar-refractivity contribution in [3.05, 3.63) is 71.9 Å². The number of nitrogens with zero attached hydrogens (tertiary/aromatic N) is 2. The fourth-order valence-electron chi connectivity index (χ4n) is 2.38. The minimum Gasteiger partial charge on any atom is -0.369 e. The Labute approximate surface area is 133 Å². The van der Waals surface area contributed by atoms with Gasteiger partial charge in [-0.15, -0.1) is 0 Å². The van der Waals surface area contributed by atoms with E-state index in [1.54, 1.807) is 12.3 Å². The summed E-state index contributed by atoms with van der Waals surface area (Å²) < 4.78 is 0. The number of pyridine rings is 1. The molecule has 0 bridgehead atoms. The molecule has 0 spiro atoms. The number of fused-ring (bicyclic) bond motifs is 1. The zero-order valence-corrected chi connectivity index (χ0v) is 12.7. The Morgan fingerprint density at radius 1 is 1.09 bits per heavy atom. The molecule has 0 radical (unpaired) electrons. The first-order valence-electron chi connectivity index (χ1n) is 7.20. The average Bonchev–Trinajstić information content (AvgIpc) is 2.55. The monoisotopic (exact) mass is 304 g/mol. The van der Waals surface area contributed by atoms with Gasteiger partial charge >= 0.3 is 0 Å². The van der Waals surface area contributed by atoms with Gasteiger partial charge in [-0.1, -0.05) is 36.4 Å². The molecular weight excluding hydrogens is 288 g/mol. The number of aliphatic imine (C=N–C) groups is 1. The molecule has 1 amide bonds. The molecule has 2 aromatic carbocycles. The van der Waals surface area contributed by atoms with Crippen LogP contribution in [-0.4, -0.2) is 16.9 Å². The minimum atomic E-state index is -0.305.